The minimum absolute atomic E-state index is 0.125. The standard InChI is InChI=1S/C14H15N3O3S2/c18-13(10-17-6-2-8-22(17,19)20)16-12-4-1-3-11(9-12)14-15-5-7-21-14/h1,3-5,7,9H,2,6,8,10H2,(H,16,18). The molecule has 1 aromatic heterocycles. The summed E-state index contributed by atoms with van der Waals surface area (Å²) in [5, 5.41) is 5.50. The van der Waals surface area contributed by atoms with Gasteiger partial charge in [-0.05, 0) is 18.6 Å². The fourth-order valence-corrected chi connectivity index (χ4v) is 4.43. The summed E-state index contributed by atoms with van der Waals surface area (Å²) >= 11 is 1.52. The summed E-state index contributed by atoms with van der Waals surface area (Å²) in [6, 6.07) is 7.35. The van der Waals surface area contributed by atoms with Crippen molar-refractivity contribution in [1.82, 2.24) is 9.29 Å². The molecule has 1 N–H and O–H groups in total. The second-order valence-electron chi connectivity index (χ2n) is 4.97. The molecule has 1 aliphatic heterocycles. The van der Waals surface area contributed by atoms with E-state index in [1.807, 2.05) is 23.6 Å². The van der Waals surface area contributed by atoms with Crippen LogP contribution in [0.3, 0.4) is 0 Å². The second kappa shape index (κ2) is 6.15. The molecule has 1 amide bonds. The van der Waals surface area contributed by atoms with Crippen LogP contribution in [-0.4, -0.2) is 42.5 Å². The van der Waals surface area contributed by atoms with Crippen LogP contribution in [0.4, 0.5) is 5.69 Å². The summed E-state index contributed by atoms with van der Waals surface area (Å²) in [6.07, 6.45) is 2.30. The highest BCUT2D eigenvalue weighted by molar-refractivity contribution is 7.89. The number of nitrogens with one attached hydrogen (secondary N) is 1. The summed E-state index contributed by atoms with van der Waals surface area (Å²) in [5.41, 5.74) is 1.55. The predicted molar refractivity (Wildman–Crippen MR) is 86.2 cm³/mol. The molecule has 1 saturated heterocycles. The van der Waals surface area contributed by atoms with Gasteiger partial charge >= 0.3 is 0 Å². The van der Waals surface area contributed by atoms with Crippen LogP contribution in [-0.2, 0) is 14.8 Å². The molecule has 0 bridgehead atoms. The molecule has 1 fully saturated rings. The predicted octanol–water partition coefficient (Wildman–Crippen LogP) is 1.78. The molecule has 0 saturated carbocycles. The smallest absolute Gasteiger partial charge is 0.239 e. The average Bonchev–Trinajstić information content (AvgIpc) is 3.10. The quantitative estimate of drug-likeness (QED) is 0.922. The van der Waals surface area contributed by atoms with Crippen molar-refractivity contribution >= 4 is 33.0 Å². The topological polar surface area (TPSA) is 79.4 Å². The third-order valence-electron chi connectivity index (χ3n) is 3.35. The second-order valence-corrected chi connectivity index (χ2v) is 7.95. The number of amides is 1. The molecular weight excluding hydrogens is 322 g/mol. The van der Waals surface area contributed by atoms with Gasteiger partial charge in [0, 0.05) is 29.4 Å². The fourth-order valence-electron chi connectivity index (χ4n) is 2.33. The van der Waals surface area contributed by atoms with Crippen LogP contribution in [0, 0.1) is 0 Å². The summed E-state index contributed by atoms with van der Waals surface area (Å²) in [6.45, 7) is 0.277. The van der Waals surface area contributed by atoms with E-state index in [4.69, 9.17) is 0 Å². The lowest BCUT2D eigenvalue weighted by atomic mass is 10.2. The van der Waals surface area contributed by atoms with E-state index in [0.717, 1.165) is 10.6 Å². The molecule has 2 heterocycles. The molecule has 0 atom stereocenters. The highest BCUT2D eigenvalue weighted by Crippen LogP contribution is 2.24. The number of nitrogens with zero attached hydrogens (tertiary/aromatic N) is 2. The van der Waals surface area contributed by atoms with Crippen molar-refractivity contribution in [2.45, 2.75) is 6.42 Å². The number of aromatic nitrogens is 1. The van der Waals surface area contributed by atoms with Crippen molar-refractivity contribution in [3.8, 4) is 10.6 Å². The van der Waals surface area contributed by atoms with Crippen molar-refractivity contribution in [1.29, 1.82) is 0 Å². The van der Waals surface area contributed by atoms with Crippen LogP contribution >= 0.6 is 11.3 Å². The number of benzene rings is 1. The molecule has 1 aromatic carbocycles. The van der Waals surface area contributed by atoms with Gasteiger partial charge in [0.1, 0.15) is 5.01 Å². The summed E-state index contributed by atoms with van der Waals surface area (Å²) in [5.74, 6) is -0.207. The average molecular weight is 337 g/mol. The zero-order chi connectivity index (χ0) is 15.6. The molecular formula is C14H15N3O3S2. The molecule has 116 valence electrons. The zero-order valence-electron chi connectivity index (χ0n) is 11.7. The van der Waals surface area contributed by atoms with Crippen molar-refractivity contribution in [3.05, 3.63) is 35.8 Å². The van der Waals surface area contributed by atoms with Crippen molar-refractivity contribution < 1.29 is 13.2 Å². The van der Waals surface area contributed by atoms with Crippen LogP contribution < -0.4 is 5.32 Å². The molecule has 22 heavy (non-hydrogen) atoms. The lowest BCUT2D eigenvalue weighted by Crippen LogP contribution is -2.34. The third kappa shape index (κ3) is 3.34. The minimum atomic E-state index is -3.25. The van der Waals surface area contributed by atoms with E-state index >= 15 is 0 Å². The van der Waals surface area contributed by atoms with Gasteiger partial charge in [-0.2, -0.15) is 4.31 Å². The number of thiazole rings is 1. The fraction of sp³-hybridized carbons (Fsp3) is 0.286. The van der Waals surface area contributed by atoms with Gasteiger partial charge in [0.15, 0.2) is 0 Å². The normalized spacial score (nSPS) is 17.5. The number of hydrogen-bond donors (Lipinski definition) is 1. The van der Waals surface area contributed by atoms with Gasteiger partial charge in [0.05, 0.1) is 12.3 Å². The van der Waals surface area contributed by atoms with E-state index in [0.29, 0.717) is 18.7 Å². The van der Waals surface area contributed by atoms with Gasteiger partial charge in [-0.1, -0.05) is 12.1 Å². The van der Waals surface area contributed by atoms with Crippen molar-refractivity contribution in [2.24, 2.45) is 0 Å². The zero-order valence-corrected chi connectivity index (χ0v) is 13.4. The Morgan fingerprint density at radius 2 is 2.27 bits per heavy atom. The van der Waals surface area contributed by atoms with Crippen LogP contribution in [0.5, 0.6) is 0 Å². The van der Waals surface area contributed by atoms with E-state index in [1.165, 1.54) is 15.6 Å². The van der Waals surface area contributed by atoms with E-state index in [9.17, 15) is 13.2 Å². The van der Waals surface area contributed by atoms with Gasteiger partial charge in [-0.15, -0.1) is 11.3 Å². The Balaban J connectivity index is 1.68. The lowest BCUT2D eigenvalue weighted by molar-refractivity contribution is -0.116. The summed E-state index contributed by atoms with van der Waals surface area (Å²) in [7, 11) is -3.25. The first-order chi connectivity index (χ1) is 10.5. The molecule has 0 unspecified atom stereocenters. The number of rotatable bonds is 4. The monoisotopic (exact) mass is 337 g/mol. The van der Waals surface area contributed by atoms with Crippen LogP contribution in [0.2, 0.25) is 0 Å². The number of hydrogen-bond acceptors (Lipinski definition) is 5. The molecule has 1 aliphatic rings. The van der Waals surface area contributed by atoms with Gasteiger partial charge in [0.2, 0.25) is 15.9 Å². The Labute approximate surface area is 132 Å². The van der Waals surface area contributed by atoms with Crippen LogP contribution in [0.25, 0.3) is 10.6 Å². The molecule has 2 aromatic rings. The Kier molecular flexibility index (Phi) is 4.23. The van der Waals surface area contributed by atoms with Crippen molar-refractivity contribution in [2.75, 3.05) is 24.2 Å². The number of anilines is 1. The first-order valence-electron chi connectivity index (χ1n) is 6.82. The minimum Gasteiger partial charge on any atom is -0.325 e. The van der Waals surface area contributed by atoms with Gasteiger partial charge in [-0.25, -0.2) is 13.4 Å². The Bertz CT molecular complexity index is 772. The van der Waals surface area contributed by atoms with Crippen LogP contribution in [0.15, 0.2) is 35.8 Å². The van der Waals surface area contributed by atoms with Gasteiger partial charge in [0.25, 0.3) is 0 Å². The Morgan fingerprint density at radius 3 is 2.95 bits per heavy atom. The van der Waals surface area contributed by atoms with E-state index < -0.39 is 10.0 Å². The maximum atomic E-state index is 12.0. The third-order valence-corrected chi connectivity index (χ3v) is 6.07. The number of carbonyl (C=O) groups excluding carboxylic acids is 1. The molecule has 0 spiro atoms. The van der Waals surface area contributed by atoms with E-state index in [1.54, 1.807) is 12.3 Å². The number of sulfonamides is 1. The van der Waals surface area contributed by atoms with Gasteiger partial charge < -0.3 is 5.32 Å². The maximum Gasteiger partial charge on any atom is 0.239 e. The lowest BCUT2D eigenvalue weighted by Gasteiger charge is -2.14. The Morgan fingerprint density at radius 1 is 1.41 bits per heavy atom. The van der Waals surface area contributed by atoms with Crippen molar-refractivity contribution in [3.63, 3.8) is 0 Å². The number of carbonyl (C=O) groups is 1. The van der Waals surface area contributed by atoms with Gasteiger partial charge in [-0.3, -0.25) is 4.79 Å². The first kappa shape index (κ1) is 15.1. The summed E-state index contributed by atoms with van der Waals surface area (Å²) < 4.78 is 24.6. The maximum absolute atomic E-state index is 12.0. The molecule has 3 rings (SSSR count). The molecule has 0 radical (unpaired) electrons. The highest BCUT2D eigenvalue weighted by Gasteiger charge is 2.29. The molecule has 0 aliphatic carbocycles. The van der Waals surface area contributed by atoms with E-state index in [-0.39, 0.29) is 18.2 Å². The Hall–Kier alpha value is -1.77. The summed E-state index contributed by atoms with van der Waals surface area (Å²) in [4.78, 5) is 16.3. The SMILES string of the molecule is O=C(CN1CCCS1(=O)=O)Nc1cccc(-c2nccs2)c1. The largest absolute Gasteiger partial charge is 0.325 e. The van der Waals surface area contributed by atoms with Crippen LogP contribution in [0.1, 0.15) is 6.42 Å². The highest BCUT2D eigenvalue weighted by atomic mass is 32.2. The molecule has 8 heteroatoms. The first-order valence-corrected chi connectivity index (χ1v) is 9.31. The molecule has 6 nitrogen and oxygen atoms in total. The van der Waals surface area contributed by atoms with E-state index in [2.05, 4.69) is 10.3 Å².